The normalized spacial score (nSPS) is 21.4. The van der Waals surface area contributed by atoms with Gasteiger partial charge in [0.05, 0.1) is 13.2 Å². The van der Waals surface area contributed by atoms with Gasteiger partial charge in [-0.25, -0.2) is 5.90 Å². The monoisotopic (exact) mass is 491 g/mol. The lowest BCUT2D eigenvalue weighted by Gasteiger charge is -2.38. The number of methoxy groups -OCH3 is 1. The zero-order chi connectivity index (χ0) is 26.4. The first-order chi connectivity index (χ1) is 16.0. The summed E-state index contributed by atoms with van der Waals surface area (Å²) in [6, 6.07) is -2.40. The smallest absolute Gasteiger partial charge is 0.322 e. The Kier molecular flexibility index (Phi) is 15.4. The molecule has 0 amide bonds. The van der Waals surface area contributed by atoms with Gasteiger partial charge in [-0.2, -0.15) is 0 Å². The van der Waals surface area contributed by atoms with Crippen LogP contribution in [0.4, 0.5) is 0 Å². The van der Waals surface area contributed by atoms with Crippen LogP contribution >= 0.6 is 0 Å². The van der Waals surface area contributed by atoms with Crippen LogP contribution in [0.1, 0.15) is 27.7 Å². The lowest BCUT2D eigenvalue weighted by molar-refractivity contribution is -0.147. The van der Waals surface area contributed by atoms with Crippen LogP contribution in [0.3, 0.4) is 0 Å². The topological polar surface area (TPSA) is 177 Å². The van der Waals surface area contributed by atoms with Crippen LogP contribution in [0.25, 0.3) is 0 Å². The Hall–Kier alpha value is -2.16. The van der Waals surface area contributed by atoms with E-state index in [0.717, 1.165) is 6.29 Å². The largest absolute Gasteiger partial charge is 0.480 e. The highest BCUT2D eigenvalue weighted by molar-refractivity contribution is 5.75. The molecule has 1 aliphatic rings. The SMILES string of the molecule is COC(=O)C(C)N1CCN(C(C)C=O)CCN(C(C)C(=O)O)CCN(C(C)C(=O)O)CC1.NO. The molecule has 1 heterocycles. The summed E-state index contributed by atoms with van der Waals surface area (Å²) in [5, 5.41) is 25.5. The summed E-state index contributed by atoms with van der Waals surface area (Å²) in [4.78, 5) is 54.3. The number of nitrogens with zero attached hydrogens (tertiary/aromatic N) is 4. The zero-order valence-corrected chi connectivity index (χ0v) is 20.8. The van der Waals surface area contributed by atoms with Gasteiger partial charge >= 0.3 is 17.9 Å². The molecule has 1 fully saturated rings. The second-order valence-electron chi connectivity index (χ2n) is 8.25. The van der Waals surface area contributed by atoms with Gasteiger partial charge in [0.1, 0.15) is 24.4 Å². The summed E-state index contributed by atoms with van der Waals surface area (Å²) >= 11 is 0. The maximum atomic E-state index is 12.2. The van der Waals surface area contributed by atoms with E-state index >= 15 is 0 Å². The fraction of sp³-hybridized carbons (Fsp3) is 0.810. The maximum Gasteiger partial charge on any atom is 0.322 e. The van der Waals surface area contributed by atoms with Crippen LogP contribution in [-0.2, 0) is 23.9 Å². The molecule has 34 heavy (non-hydrogen) atoms. The van der Waals surface area contributed by atoms with Crippen LogP contribution < -0.4 is 5.90 Å². The van der Waals surface area contributed by atoms with Crippen molar-refractivity contribution in [3.63, 3.8) is 0 Å². The summed E-state index contributed by atoms with van der Waals surface area (Å²) in [7, 11) is 1.33. The summed E-state index contributed by atoms with van der Waals surface area (Å²) in [6.45, 7) is 10.1. The van der Waals surface area contributed by atoms with E-state index in [1.54, 1.807) is 37.5 Å². The van der Waals surface area contributed by atoms with Crippen molar-refractivity contribution in [2.75, 3.05) is 59.5 Å². The number of carboxylic acids is 2. The molecule has 0 saturated carbocycles. The summed E-state index contributed by atoms with van der Waals surface area (Å²) in [5.74, 6) is 1.20. The first-order valence-electron chi connectivity index (χ1n) is 11.2. The molecule has 0 aromatic heterocycles. The van der Waals surface area contributed by atoms with Gasteiger partial charge in [-0.3, -0.25) is 34.0 Å². The van der Waals surface area contributed by atoms with Crippen LogP contribution in [0.5, 0.6) is 0 Å². The van der Waals surface area contributed by atoms with Gasteiger partial charge in [0.2, 0.25) is 0 Å². The molecular weight excluding hydrogens is 450 g/mol. The van der Waals surface area contributed by atoms with Gasteiger partial charge < -0.3 is 25.0 Å². The van der Waals surface area contributed by atoms with Crippen molar-refractivity contribution in [2.45, 2.75) is 51.9 Å². The average molecular weight is 492 g/mol. The molecule has 1 rings (SSSR count). The van der Waals surface area contributed by atoms with Gasteiger partial charge in [-0.05, 0) is 27.7 Å². The molecule has 0 bridgehead atoms. The second-order valence-corrected chi connectivity index (χ2v) is 8.25. The first kappa shape index (κ1) is 31.8. The molecule has 0 spiro atoms. The third kappa shape index (κ3) is 9.99. The van der Waals surface area contributed by atoms with Crippen LogP contribution in [0.2, 0.25) is 0 Å². The molecular formula is C21H41N5O8. The molecule has 4 atom stereocenters. The van der Waals surface area contributed by atoms with Gasteiger partial charge in [-0.1, -0.05) is 0 Å². The number of nitrogens with two attached hydrogens (primary N) is 1. The van der Waals surface area contributed by atoms with Crippen molar-refractivity contribution in [2.24, 2.45) is 5.90 Å². The molecule has 13 nitrogen and oxygen atoms in total. The first-order valence-corrected chi connectivity index (χ1v) is 11.2. The molecule has 1 aliphatic heterocycles. The van der Waals surface area contributed by atoms with E-state index < -0.39 is 30.1 Å². The maximum absolute atomic E-state index is 12.2. The lowest BCUT2D eigenvalue weighted by Crippen LogP contribution is -2.54. The van der Waals surface area contributed by atoms with E-state index in [-0.39, 0.29) is 12.0 Å². The van der Waals surface area contributed by atoms with E-state index in [2.05, 4.69) is 5.90 Å². The Bertz CT molecular complexity index is 653. The third-order valence-corrected chi connectivity index (χ3v) is 6.37. The number of aldehydes is 1. The Morgan fingerprint density at radius 1 is 0.706 bits per heavy atom. The molecule has 198 valence electrons. The van der Waals surface area contributed by atoms with Crippen LogP contribution in [0.15, 0.2) is 0 Å². The fourth-order valence-corrected chi connectivity index (χ4v) is 3.76. The number of hydrogen-bond acceptors (Lipinski definition) is 11. The number of hydrogen-bond donors (Lipinski definition) is 4. The number of carboxylic acid groups (broad SMARTS) is 2. The molecule has 0 aromatic rings. The quantitative estimate of drug-likeness (QED) is 0.178. The third-order valence-electron chi connectivity index (χ3n) is 6.37. The lowest BCUT2D eigenvalue weighted by atomic mass is 10.2. The van der Waals surface area contributed by atoms with Crippen molar-refractivity contribution in [3.8, 4) is 0 Å². The van der Waals surface area contributed by atoms with E-state index in [4.69, 9.17) is 9.94 Å². The van der Waals surface area contributed by atoms with Crippen molar-refractivity contribution < 1.29 is 39.3 Å². The zero-order valence-electron chi connectivity index (χ0n) is 20.8. The predicted molar refractivity (Wildman–Crippen MR) is 123 cm³/mol. The molecule has 0 aliphatic carbocycles. The number of carbonyl (C=O) groups excluding carboxylic acids is 2. The van der Waals surface area contributed by atoms with Gasteiger partial charge in [0.25, 0.3) is 0 Å². The van der Waals surface area contributed by atoms with E-state index in [1.807, 2.05) is 9.80 Å². The summed E-state index contributed by atoms with van der Waals surface area (Å²) < 4.78 is 4.89. The van der Waals surface area contributed by atoms with E-state index in [9.17, 15) is 29.4 Å². The summed E-state index contributed by atoms with van der Waals surface area (Å²) in [5.41, 5.74) is 0. The van der Waals surface area contributed by atoms with Crippen LogP contribution in [0, 0.1) is 0 Å². The average Bonchev–Trinajstić information content (AvgIpc) is 2.83. The Morgan fingerprint density at radius 2 is 1.00 bits per heavy atom. The molecule has 5 N–H and O–H groups in total. The van der Waals surface area contributed by atoms with Crippen molar-refractivity contribution in [3.05, 3.63) is 0 Å². The molecule has 0 aromatic carbocycles. The predicted octanol–water partition coefficient (Wildman–Crippen LogP) is -1.36. The molecule has 4 unspecified atom stereocenters. The highest BCUT2D eigenvalue weighted by atomic mass is 16.5. The van der Waals surface area contributed by atoms with Crippen molar-refractivity contribution in [1.82, 2.24) is 19.6 Å². The minimum atomic E-state index is -0.964. The Labute approximate surface area is 201 Å². The van der Waals surface area contributed by atoms with E-state index in [1.165, 1.54) is 7.11 Å². The van der Waals surface area contributed by atoms with Crippen molar-refractivity contribution >= 4 is 24.2 Å². The van der Waals surface area contributed by atoms with Crippen molar-refractivity contribution in [1.29, 1.82) is 0 Å². The number of rotatable bonds is 8. The van der Waals surface area contributed by atoms with Gasteiger partial charge in [0, 0.05) is 52.4 Å². The number of ether oxygens (including phenoxy) is 1. The minimum absolute atomic E-state index is 0.356. The summed E-state index contributed by atoms with van der Waals surface area (Å²) in [6.07, 6.45) is 0.848. The minimum Gasteiger partial charge on any atom is -0.480 e. The van der Waals surface area contributed by atoms with Crippen LogP contribution in [-0.4, -0.2) is 143 Å². The molecule has 1 saturated heterocycles. The number of esters is 1. The number of aliphatic carboxylic acids is 2. The standard InChI is InChI=1S/C21H38N4O7.H3NO/c1-15(14-26)22-6-8-23(16(2)19(27)28)10-11-24(17(3)20(29)30)12-13-25(9-7-22)18(4)21(31)32-5;1-2/h14-18H,6-13H2,1-5H3,(H,27,28)(H,29,30);2H,1H2. The second kappa shape index (κ2) is 16.5. The molecule has 0 radical (unpaired) electrons. The highest BCUT2D eigenvalue weighted by Gasteiger charge is 2.29. The Balaban J connectivity index is 0.00000529. The number of carbonyl (C=O) groups is 4. The highest BCUT2D eigenvalue weighted by Crippen LogP contribution is 2.10. The molecule has 13 heteroatoms. The Morgan fingerprint density at radius 3 is 1.26 bits per heavy atom. The van der Waals surface area contributed by atoms with E-state index in [0.29, 0.717) is 52.4 Å². The fourth-order valence-electron chi connectivity index (χ4n) is 3.76. The van der Waals surface area contributed by atoms with Gasteiger partial charge in [-0.15, -0.1) is 0 Å². The van der Waals surface area contributed by atoms with Gasteiger partial charge in [0.15, 0.2) is 0 Å².